The number of hydrogen-bond donors (Lipinski definition) is 1. The van der Waals surface area contributed by atoms with Crippen LogP contribution in [0.5, 0.6) is 0 Å². The van der Waals surface area contributed by atoms with E-state index in [9.17, 15) is 9.59 Å². The molecule has 0 radical (unpaired) electrons. The molecule has 0 bridgehead atoms. The number of aromatic nitrogens is 1. The zero-order chi connectivity index (χ0) is 15.6. The Bertz CT molecular complexity index is 659. The van der Waals surface area contributed by atoms with Crippen molar-refractivity contribution < 1.29 is 19.2 Å². The molecule has 1 amide bonds. The minimum absolute atomic E-state index is 0.270. The Hall–Kier alpha value is -2.34. The lowest BCUT2D eigenvalue weighted by Crippen LogP contribution is -2.36. The standard InChI is InChI=1S/C14H13ClN2O4/c1-8-13(9(2)21-16-8)14(20)17(7-12(18)19)11-5-3-10(15)4-6-11/h3-6H,7H2,1-2H3,(H,18,19). The summed E-state index contributed by atoms with van der Waals surface area (Å²) < 4.78 is 4.96. The lowest BCUT2D eigenvalue weighted by atomic mass is 10.1. The van der Waals surface area contributed by atoms with Crippen LogP contribution >= 0.6 is 11.6 Å². The van der Waals surface area contributed by atoms with Gasteiger partial charge in [-0.2, -0.15) is 0 Å². The molecule has 0 spiro atoms. The number of carboxylic acid groups (broad SMARTS) is 1. The SMILES string of the molecule is Cc1noc(C)c1C(=O)N(CC(=O)O)c1ccc(Cl)cc1. The Morgan fingerprint density at radius 2 is 1.90 bits per heavy atom. The smallest absolute Gasteiger partial charge is 0.323 e. The van der Waals surface area contributed by atoms with Gasteiger partial charge in [-0.1, -0.05) is 16.8 Å². The molecular formula is C14H13ClN2O4. The summed E-state index contributed by atoms with van der Waals surface area (Å²) in [5.41, 5.74) is 1.12. The number of aryl methyl sites for hydroxylation is 2. The summed E-state index contributed by atoms with van der Waals surface area (Å²) in [5.74, 6) is -1.25. The lowest BCUT2D eigenvalue weighted by Gasteiger charge is -2.20. The second-order valence-electron chi connectivity index (χ2n) is 4.46. The largest absolute Gasteiger partial charge is 0.480 e. The maximum Gasteiger partial charge on any atom is 0.323 e. The van der Waals surface area contributed by atoms with Crippen LogP contribution in [0.3, 0.4) is 0 Å². The molecule has 110 valence electrons. The first-order chi connectivity index (χ1) is 9.90. The number of anilines is 1. The summed E-state index contributed by atoms with van der Waals surface area (Å²) in [6.07, 6.45) is 0. The quantitative estimate of drug-likeness (QED) is 0.938. The molecule has 6 nitrogen and oxygen atoms in total. The third-order valence-corrected chi connectivity index (χ3v) is 3.18. The van der Waals surface area contributed by atoms with E-state index in [2.05, 4.69) is 5.16 Å². The topological polar surface area (TPSA) is 83.6 Å². The zero-order valence-corrected chi connectivity index (χ0v) is 12.2. The Labute approximate surface area is 125 Å². The van der Waals surface area contributed by atoms with Gasteiger partial charge in [0.15, 0.2) is 0 Å². The Kier molecular flexibility index (Phi) is 4.28. The molecule has 0 saturated carbocycles. The molecule has 0 saturated heterocycles. The summed E-state index contributed by atoms with van der Waals surface area (Å²) in [7, 11) is 0. The van der Waals surface area contributed by atoms with Gasteiger partial charge in [0.25, 0.3) is 5.91 Å². The van der Waals surface area contributed by atoms with E-state index < -0.39 is 18.4 Å². The van der Waals surface area contributed by atoms with Crippen LogP contribution in [-0.4, -0.2) is 28.7 Å². The normalized spacial score (nSPS) is 10.4. The van der Waals surface area contributed by atoms with Gasteiger partial charge in [-0.25, -0.2) is 0 Å². The van der Waals surface area contributed by atoms with Crippen molar-refractivity contribution in [1.82, 2.24) is 5.16 Å². The fourth-order valence-corrected chi connectivity index (χ4v) is 2.09. The number of aliphatic carboxylic acids is 1. The van der Waals surface area contributed by atoms with E-state index in [0.29, 0.717) is 22.2 Å². The van der Waals surface area contributed by atoms with E-state index >= 15 is 0 Å². The average molecular weight is 309 g/mol. The molecule has 1 N–H and O–H groups in total. The molecule has 1 heterocycles. The van der Waals surface area contributed by atoms with Crippen molar-refractivity contribution in [2.24, 2.45) is 0 Å². The van der Waals surface area contributed by atoms with Gasteiger partial charge in [0.1, 0.15) is 17.9 Å². The summed E-state index contributed by atoms with van der Waals surface area (Å²) in [4.78, 5) is 24.8. The van der Waals surface area contributed by atoms with E-state index in [1.54, 1.807) is 38.1 Å². The van der Waals surface area contributed by atoms with Crippen molar-refractivity contribution in [2.75, 3.05) is 11.4 Å². The minimum atomic E-state index is -1.12. The number of nitrogens with zero attached hydrogens (tertiary/aromatic N) is 2. The van der Waals surface area contributed by atoms with Crippen molar-refractivity contribution in [1.29, 1.82) is 0 Å². The highest BCUT2D eigenvalue weighted by molar-refractivity contribution is 6.30. The summed E-state index contributed by atoms with van der Waals surface area (Å²) in [6.45, 7) is 2.77. The Balaban J connectivity index is 2.43. The molecule has 2 aromatic rings. The molecule has 1 aromatic heterocycles. The van der Waals surface area contributed by atoms with Crippen LogP contribution < -0.4 is 4.90 Å². The highest BCUT2D eigenvalue weighted by Gasteiger charge is 2.26. The van der Waals surface area contributed by atoms with Gasteiger partial charge in [-0.15, -0.1) is 0 Å². The number of amides is 1. The monoisotopic (exact) mass is 308 g/mol. The number of benzene rings is 1. The molecule has 7 heteroatoms. The fraction of sp³-hybridized carbons (Fsp3) is 0.214. The Morgan fingerprint density at radius 3 is 2.38 bits per heavy atom. The van der Waals surface area contributed by atoms with Gasteiger partial charge in [0.05, 0.1) is 5.69 Å². The molecular weight excluding hydrogens is 296 g/mol. The fourth-order valence-electron chi connectivity index (χ4n) is 1.96. The van der Waals surface area contributed by atoms with Gasteiger partial charge in [0.2, 0.25) is 0 Å². The van der Waals surface area contributed by atoms with Crippen molar-refractivity contribution >= 4 is 29.2 Å². The summed E-state index contributed by atoms with van der Waals surface area (Å²) >= 11 is 5.81. The average Bonchev–Trinajstić information content (AvgIpc) is 2.76. The predicted octanol–water partition coefficient (Wildman–Crippen LogP) is 2.68. The minimum Gasteiger partial charge on any atom is -0.480 e. The van der Waals surface area contributed by atoms with Gasteiger partial charge in [-0.05, 0) is 38.1 Å². The lowest BCUT2D eigenvalue weighted by molar-refractivity contribution is -0.135. The first-order valence-corrected chi connectivity index (χ1v) is 6.50. The second-order valence-corrected chi connectivity index (χ2v) is 4.90. The van der Waals surface area contributed by atoms with Crippen LogP contribution in [0, 0.1) is 13.8 Å². The van der Waals surface area contributed by atoms with Crippen LogP contribution in [-0.2, 0) is 4.79 Å². The van der Waals surface area contributed by atoms with Crippen LogP contribution in [0.2, 0.25) is 5.02 Å². The summed E-state index contributed by atoms with van der Waals surface area (Å²) in [6, 6.07) is 6.35. The number of carbonyl (C=O) groups excluding carboxylic acids is 1. The van der Waals surface area contributed by atoms with Crippen LogP contribution in [0.4, 0.5) is 5.69 Å². The van der Waals surface area contributed by atoms with E-state index in [1.165, 1.54) is 0 Å². The van der Waals surface area contributed by atoms with Gasteiger partial charge < -0.3 is 9.63 Å². The van der Waals surface area contributed by atoms with Crippen LogP contribution in [0.1, 0.15) is 21.8 Å². The molecule has 21 heavy (non-hydrogen) atoms. The molecule has 0 aliphatic rings. The number of rotatable bonds is 4. The maximum atomic E-state index is 12.6. The van der Waals surface area contributed by atoms with E-state index in [0.717, 1.165) is 4.90 Å². The van der Waals surface area contributed by atoms with E-state index in [4.69, 9.17) is 21.2 Å². The summed E-state index contributed by atoms with van der Waals surface area (Å²) in [5, 5.41) is 13.2. The third kappa shape index (κ3) is 3.22. The van der Waals surface area contributed by atoms with Gasteiger partial charge in [0, 0.05) is 10.7 Å². The molecule has 0 aliphatic carbocycles. The van der Waals surface area contributed by atoms with Crippen molar-refractivity contribution in [2.45, 2.75) is 13.8 Å². The Morgan fingerprint density at radius 1 is 1.29 bits per heavy atom. The molecule has 0 atom stereocenters. The highest BCUT2D eigenvalue weighted by Crippen LogP contribution is 2.22. The van der Waals surface area contributed by atoms with E-state index in [1.807, 2.05) is 0 Å². The predicted molar refractivity (Wildman–Crippen MR) is 76.7 cm³/mol. The molecule has 2 rings (SSSR count). The third-order valence-electron chi connectivity index (χ3n) is 2.92. The number of carbonyl (C=O) groups is 2. The van der Waals surface area contributed by atoms with Gasteiger partial charge >= 0.3 is 5.97 Å². The van der Waals surface area contributed by atoms with Crippen LogP contribution in [0.25, 0.3) is 0 Å². The molecule has 0 unspecified atom stereocenters. The van der Waals surface area contributed by atoms with Crippen molar-refractivity contribution in [3.63, 3.8) is 0 Å². The first kappa shape index (κ1) is 15.1. The van der Waals surface area contributed by atoms with Crippen molar-refractivity contribution in [3.8, 4) is 0 Å². The highest BCUT2D eigenvalue weighted by atomic mass is 35.5. The molecule has 0 fully saturated rings. The number of hydrogen-bond acceptors (Lipinski definition) is 4. The van der Waals surface area contributed by atoms with Crippen molar-refractivity contribution in [3.05, 3.63) is 46.3 Å². The number of carboxylic acids is 1. The van der Waals surface area contributed by atoms with Crippen LogP contribution in [0.15, 0.2) is 28.8 Å². The number of halogens is 1. The molecule has 0 aliphatic heterocycles. The first-order valence-electron chi connectivity index (χ1n) is 6.12. The molecule has 1 aromatic carbocycles. The van der Waals surface area contributed by atoms with E-state index in [-0.39, 0.29) is 5.56 Å². The van der Waals surface area contributed by atoms with Gasteiger partial charge in [-0.3, -0.25) is 14.5 Å². The maximum absolute atomic E-state index is 12.6. The zero-order valence-electron chi connectivity index (χ0n) is 11.5. The second kappa shape index (κ2) is 5.97.